The van der Waals surface area contributed by atoms with Crippen LogP contribution in [0, 0.1) is 0 Å². The Morgan fingerprint density at radius 1 is 0.750 bits per heavy atom. The van der Waals surface area contributed by atoms with Crippen molar-refractivity contribution in [3.8, 4) is 0 Å². The Kier molecular flexibility index (Phi) is 118. The molecule has 0 aliphatic rings. The summed E-state index contributed by atoms with van der Waals surface area (Å²) in [6, 6.07) is 0. The van der Waals surface area contributed by atoms with E-state index in [-0.39, 0.29) is 44.8 Å². The van der Waals surface area contributed by atoms with Crippen LogP contribution in [0.2, 0.25) is 0 Å². The van der Waals surface area contributed by atoms with Crippen LogP contribution in [0.1, 0.15) is 0 Å². The quantitative estimate of drug-likeness (QED) is 0.361. The summed E-state index contributed by atoms with van der Waals surface area (Å²) in [6.45, 7) is 0. The zero-order valence-electron chi connectivity index (χ0n) is 1.50. The molecule has 0 aromatic rings. The third-order valence-corrected chi connectivity index (χ3v) is 0. The van der Waals surface area contributed by atoms with Crippen LogP contribution in [0.5, 0.6) is 0 Å². The molecule has 0 spiro atoms. The van der Waals surface area contributed by atoms with Gasteiger partial charge in [0.1, 0.15) is 0 Å². The van der Waals surface area contributed by atoms with Gasteiger partial charge in [0.05, 0.1) is 0 Å². The van der Waals surface area contributed by atoms with Crippen molar-refractivity contribution in [2.75, 3.05) is 0 Å². The van der Waals surface area contributed by atoms with Gasteiger partial charge >= 0.3 is 0 Å². The summed E-state index contributed by atoms with van der Waals surface area (Å²) in [6.07, 6.45) is 0. The number of hydrogen-bond donors (Lipinski definition) is 2. The van der Waals surface area contributed by atoms with Crippen molar-refractivity contribution in [2.24, 2.45) is 0 Å². The fraction of sp³-hybridized carbons (Fsp3) is 0. The van der Waals surface area contributed by atoms with Gasteiger partial charge in [-0.15, -0.1) is 0 Å². The second-order valence-corrected chi connectivity index (χ2v) is 0. The molecule has 0 aromatic heterocycles. The first-order chi connectivity index (χ1) is 1.00. The van der Waals surface area contributed by atoms with Gasteiger partial charge in [0.2, 0.25) is 0 Å². The molecule has 4 heteroatoms. The minimum absolute atomic E-state index is 0. The first-order valence-corrected chi connectivity index (χ1v) is 0.200. The van der Waals surface area contributed by atoms with Gasteiger partial charge in [0.25, 0.3) is 0 Å². The van der Waals surface area contributed by atoms with E-state index in [1.807, 2.05) is 0 Å². The fourth-order valence-electron chi connectivity index (χ4n) is 0. The molecule has 0 unspecified atom stereocenters. The van der Waals surface area contributed by atoms with E-state index in [1.165, 1.54) is 0 Å². The van der Waals surface area contributed by atoms with Crippen molar-refractivity contribution < 1.29 is 55.3 Å². The van der Waals surface area contributed by atoms with E-state index in [4.69, 9.17) is 10.5 Å². The van der Waals surface area contributed by atoms with Crippen LogP contribution < -0.4 is 0 Å². The fourth-order valence-corrected chi connectivity index (χ4v) is 0. The molecule has 0 rings (SSSR count). The molecule has 2 nitrogen and oxygen atoms in total. The summed E-state index contributed by atoms with van der Waals surface area (Å²) < 4.78 is 0. The van der Waals surface area contributed by atoms with Crippen LogP contribution in [0.3, 0.4) is 0 Å². The summed E-state index contributed by atoms with van der Waals surface area (Å²) in [5.74, 6) is 0. The number of hydrogen-bond acceptors (Lipinski definition) is 2. The summed E-state index contributed by atoms with van der Waals surface area (Å²) in [5.41, 5.74) is 0. The monoisotopic (exact) mass is 248 g/mol. The summed E-state index contributed by atoms with van der Waals surface area (Å²) >= 11 is 0. The van der Waals surface area contributed by atoms with Gasteiger partial charge in [-0.05, 0) is 0 Å². The standard InChI is InChI=1S/2Ag.H2O2/c;;1-2/h;;1-2H. The van der Waals surface area contributed by atoms with Gasteiger partial charge in [-0.1, -0.05) is 0 Å². The van der Waals surface area contributed by atoms with Gasteiger partial charge in [-0.2, -0.15) is 0 Å². The molecular formula is H2Ag2O2. The molecule has 36 valence electrons. The Hall–Kier alpha value is 1.40. The third kappa shape index (κ3) is 9.99. The SMILES string of the molecule is OO.[Ag].[Ag]. The van der Waals surface area contributed by atoms with E-state index in [1.54, 1.807) is 0 Å². The van der Waals surface area contributed by atoms with Crippen LogP contribution >= 0.6 is 0 Å². The molecular weight excluding hydrogens is 248 g/mol. The van der Waals surface area contributed by atoms with E-state index in [9.17, 15) is 0 Å². The average molecular weight is 250 g/mol. The maximum absolute atomic E-state index is 6.00. The van der Waals surface area contributed by atoms with Crippen molar-refractivity contribution in [1.82, 2.24) is 0 Å². The molecule has 0 aromatic carbocycles. The maximum atomic E-state index is 6.00. The Balaban J connectivity index is -0.00000000500. The van der Waals surface area contributed by atoms with Gasteiger partial charge in [-0.3, -0.25) is 10.5 Å². The van der Waals surface area contributed by atoms with Gasteiger partial charge < -0.3 is 0 Å². The molecule has 0 aliphatic carbocycles. The second-order valence-electron chi connectivity index (χ2n) is 0. The molecule has 0 bridgehead atoms. The van der Waals surface area contributed by atoms with E-state index in [0.717, 1.165) is 0 Å². The van der Waals surface area contributed by atoms with Gasteiger partial charge in [0.15, 0.2) is 0 Å². The molecule has 4 heavy (non-hydrogen) atoms. The predicted octanol–water partition coefficient (Wildman–Crippen LogP) is 0.0124. The van der Waals surface area contributed by atoms with Crippen LogP contribution in [0.15, 0.2) is 0 Å². The molecule has 0 heterocycles. The molecule has 0 atom stereocenters. The second kappa shape index (κ2) is 25.9. The van der Waals surface area contributed by atoms with E-state index in [0.29, 0.717) is 0 Å². The minimum atomic E-state index is 0. The largest absolute Gasteiger partial charge is 0.255 e. The van der Waals surface area contributed by atoms with Crippen molar-refractivity contribution >= 4 is 0 Å². The van der Waals surface area contributed by atoms with Gasteiger partial charge in [-0.25, -0.2) is 0 Å². The Labute approximate surface area is 55.2 Å². The Morgan fingerprint density at radius 3 is 0.750 bits per heavy atom. The first-order valence-electron chi connectivity index (χ1n) is 0.200. The van der Waals surface area contributed by atoms with Crippen molar-refractivity contribution in [1.29, 1.82) is 0 Å². The zero-order chi connectivity index (χ0) is 2.00. The van der Waals surface area contributed by atoms with Crippen molar-refractivity contribution in [2.45, 2.75) is 0 Å². The first kappa shape index (κ1) is 18.1. The van der Waals surface area contributed by atoms with Crippen LogP contribution in [-0.4, -0.2) is 10.5 Å². The molecule has 0 saturated carbocycles. The van der Waals surface area contributed by atoms with Crippen LogP contribution in [-0.2, 0) is 44.8 Å². The van der Waals surface area contributed by atoms with Gasteiger partial charge in [0, 0.05) is 44.8 Å². The molecule has 0 aliphatic heterocycles. The third-order valence-electron chi connectivity index (χ3n) is 0. The predicted molar refractivity (Wildman–Crippen MR) is 5.26 cm³/mol. The summed E-state index contributed by atoms with van der Waals surface area (Å²) in [4.78, 5) is 0. The van der Waals surface area contributed by atoms with E-state index >= 15 is 0 Å². The van der Waals surface area contributed by atoms with Crippen molar-refractivity contribution in [3.63, 3.8) is 0 Å². The Bertz CT molecular complexity index is 4.00. The Morgan fingerprint density at radius 2 is 0.750 bits per heavy atom. The minimum Gasteiger partial charge on any atom is -0.255 e. The maximum Gasteiger partial charge on any atom is 0 e. The summed E-state index contributed by atoms with van der Waals surface area (Å²) in [7, 11) is 0. The molecule has 0 amide bonds. The zero-order valence-corrected chi connectivity index (χ0v) is 4.46. The average Bonchev–Trinajstić information content (AvgIpc) is 1.00. The smallest absolute Gasteiger partial charge is 0 e. The molecule has 2 radical (unpaired) electrons. The number of rotatable bonds is 0. The van der Waals surface area contributed by atoms with Crippen LogP contribution in [0.25, 0.3) is 0 Å². The summed E-state index contributed by atoms with van der Waals surface area (Å²) in [5, 5.41) is 12.0. The molecule has 0 saturated heterocycles. The molecule has 0 fully saturated rings. The van der Waals surface area contributed by atoms with E-state index < -0.39 is 0 Å². The van der Waals surface area contributed by atoms with Crippen molar-refractivity contribution in [3.05, 3.63) is 0 Å². The topological polar surface area (TPSA) is 40.5 Å². The molecule has 2 N–H and O–H groups in total. The van der Waals surface area contributed by atoms with Crippen LogP contribution in [0.4, 0.5) is 0 Å². The van der Waals surface area contributed by atoms with E-state index in [2.05, 4.69) is 0 Å². The normalized spacial score (nSPS) is 1.50.